The summed E-state index contributed by atoms with van der Waals surface area (Å²) in [6.07, 6.45) is 3.86. The Morgan fingerprint density at radius 2 is 1.94 bits per heavy atom. The number of hydrazone groups is 1. The molecule has 33 heavy (non-hydrogen) atoms. The van der Waals surface area contributed by atoms with E-state index in [0.717, 1.165) is 11.1 Å². The molecule has 0 aliphatic rings. The fourth-order valence-electron chi connectivity index (χ4n) is 3.20. The summed E-state index contributed by atoms with van der Waals surface area (Å²) in [5.74, 6) is 0.812. The van der Waals surface area contributed by atoms with Crippen molar-refractivity contribution in [2.45, 2.75) is 19.6 Å². The van der Waals surface area contributed by atoms with Crippen molar-refractivity contribution in [3.8, 4) is 5.75 Å². The van der Waals surface area contributed by atoms with E-state index < -0.39 is 17.4 Å². The highest BCUT2D eigenvalue weighted by atomic mass is 16.5. The number of pyridine rings is 1. The van der Waals surface area contributed by atoms with Gasteiger partial charge >= 0.3 is 5.69 Å². The Kier molecular flexibility index (Phi) is 6.31. The van der Waals surface area contributed by atoms with Crippen LogP contribution in [0.25, 0.3) is 11.2 Å². The van der Waals surface area contributed by atoms with Crippen molar-refractivity contribution >= 4 is 23.3 Å². The highest BCUT2D eigenvalue weighted by molar-refractivity contribution is 5.80. The van der Waals surface area contributed by atoms with Gasteiger partial charge in [0.25, 0.3) is 5.56 Å². The smallest absolute Gasteiger partial charge is 0.329 e. The number of anilines is 1. The zero-order valence-electron chi connectivity index (χ0n) is 18.1. The topological polar surface area (TPSA) is 139 Å². The zero-order valence-corrected chi connectivity index (χ0v) is 18.1. The average molecular weight is 449 g/mol. The number of nitrogens with one attached hydrogen (secondary N) is 2. The van der Waals surface area contributed by atoms with Crippen LogP contribution in [0.4, 0.5) is 5.95 Å². The summed E-state index contributed by atoms with van der Waals surface area (Å²) >= 11 is 0. The largest absolute Gasteiger partial charge is 0.491 e. The quantitative estimate of drug-likeness (QED) is 0.269. The summed E-state index contributed by atoms with van der Waals surface area (Å²) in [6.45, 7) is 1.95. The monoisotopic (exact) mass is 449 g/mol. The molecule has 4 rings (SSSR count). The lowest BCUT2D eigenvalue weighted by molar-refractivity contribution is 0.0938. The highest BCUT2D eigenvalue weighted by Crippen LogP contribution is 2.17. The predicted molar refractivity (Wildman–Crippen MR) is 124 cm³/mol. The first-order valence-electron chi connectivity index (χ1n) is 10.2. The fraction of sp³-hybridized carbons (Fsp3) is 0.227. The maximum atomic E-state index is 12.6. The van der Waals surface area contributed by atoms with E-state index in [9.17, 15) is 14.7 Å². The lowest BCUT2D eigenvalue weighted by Crippen LogP contribution is -2.30. The normalized spacial score (nSPS) is 12.3. The molecule has 0 spiro atoms. The number of rotatable bonds is 8. The van der Waals surface area contributed by atoms with Crippen molar-refractivity contribution in [2.24, 2.45) is 12.1 Å². The van der Waals surface area contributed by atoms with Crippen LogP contribution in [0.15, 0.2) is 63.5 Å². The van der Waals surface area contributed by atoms with Crippen LogP contribution in [0.1, 0.15) is 11.1 Å². The number of H-pyrrole nitrogens is 1. The summed E-state index contributed by atoms with van der Waals surface area (Å²) in [7, 11) is 1.50. The third kappa shape index (κ3) is 4.99. The van der Waals surface area contributed by atoms with Gasteiger partial charge in [0.05, 0.1) is 12.8 Å². The second kappa shape index (κ2) is 9.49. The number of hydrogen-bond donors (Lipinski definition) is 3. The van der Waals surface area contributed by atoms with E-state index in [1.54, 1.807) is 30.7 Å². The van der Waals surface area contributed by atoms with Crippen molar-refractivity contribution in [1.29, 1.82) is 0 Å². The van der Waals surface area contributed by atoms with Gasteiger partial charge in [-0.05, 0) is 36.8 Å². The third-order valence-corrected chi connectivity index (χ3v) is 4.95. The van der Waals surface area contributed by atoms with E-state index >= 15 is 0 Å². The van der Waals surface area contributed by atoms with Crippen molar-refractivity contribution in [3.05, 3.63) is 80.8 Å². The molecule has 3 N–H and O–H groups in total. The van der Waals surface area contributed by atoms with Gasteiger partial charge < -0.3 is 14.4 Å². The first kappa shape index (κ1) is 22.0. The highest BCUT2D eigenvalue weighted by Gasteiger charge is 2.20. The summed E-state index contributed by atoms with van der Waals surface area (Å²) < 4.78 is 8.35. The molecule has 0 fully saturated rings. The van der Waals surface area contributed by atoms with Crippen LogP contribution >= 0.6 is 0 Å². The summed E-state index contributed by atoms with van der Waals surface area (Å²) in [6, 6.07) is 11.0. The molecule has 4 aromatic rings. The second-order valence-corrected chi connectivity index (χ2v) is 7.46. The molecular formula is C22H23N7O4. The van der Waals surface area contributed by atoms with Crippen LogP contribution < -0.4 is 21.4 Å². The first-order valence-corrected chi connectivity index (χ1v) is 10.2. The molecule has 0 saturated carbocycles. The van der Waals surface area contributed by atoms with Gasteiger partial charge in [0, 0.05) is 19.4 Å². The van der Waals surface area contributed by atoms with Gasteiger partial charge in [0.2, 0.25) is 5.95 Å². The molecule has 0 amide bonds. The molecule has 1 aromatic carbocycles. The Balaban J connectivity index is 1.61. The standard InChI is InChI=1S/C22H23N7O4/c1-14-3-5-17(6-4-14)33-13-16(30)12-29-18-19(28(2)22(32)26-20(18)31)25-21(29)27-24-11-15-7-9-23-10-8-15/h3-11,16,30H,12-13H2,1-2H3,(H,25,27)(H,26,31,32)/b24-11-/t16-/m1/s1. The van der Waals surface area contributed by atoms with Crippen molar-refractivity contribution < 1.29 is 9.84 Å². The van der Waals surface area contributed by atoms with Crippen LogP contribution in [0.5, 0.6) is 5.75 Å². The molecule has 0 unspecified atom stereocenters. The van der Waals surface area contributed by atoms with Gasteiger partial charge in [0.15, 0.2) is 11.2 Å². The van der Waals surface area contributed by atoms with Gasteiger partial charge in [-0.1, -0.05) is 17.7 Å². The number of ether oxygens (including phenoxy) is 1. The van der Waals surface area contributed by atoms with Gasteiger partial charge in [0.1, 0.15) is 18.5 Å². The molecule has 1 atom stereocenters. The number of benzene rings is 1. The van der Waals surface area contributed by atoms with E-state index in [0.29, 0.717) is 5.75 Å². The maximum Gasteiger partial charge on any atom is 0.329 e. The number of hydrogen-bond acceptors (Lipinski definition) is 8. The van der Waals surface area contributed by atoms with Crippen molar-refractivity contribution in [2.75, 3.05) is 12.0 Å². The fourth-order valence-corrected chi connectivity index (χ4v) is 3.20. The van der Waals surface area contributed by atoms with Crippen LogP contribution in [0.2, 0.25) is 0 Å². The van der Waals surface area contributed by atoms with Gasteiger partial charge in [-0.15, -0.1) is 0 Å². The minimum absolute atomic E-state index is 0.00781. The summed E-state index contributed by atoms with van der Waals surface area (Å²) in [4.78, 5) is 35.1. The molecule has 0 radical (unpaired) electrons. The molecule has 0 aliphatic heterocycles. The Morgan fingerprint density at radius 1 is 1.21 bits per heavy atom. The van der Waals surface area contributed by atoms with Gasteiger partial charge in [-0.2, -0.15) is 10.1 Å². The molecule has 0 saturated heterocycles. The molecule has 170 valence electrons. The number of aryl methyl sites for hydroxylation is 2. The maximum absolute atomic E-state index is 12.6. The molecule has 11 nitrogen and oxygen atoms in total. The van der Waals surface area contributed by atoms with E-state index in [-0.39, 0.29) is 30.3 Å². The Hall–Kier alpha value is -4.25. The van der Waals surface area contributed by atoms with Crippen LogP contribution in [-0.4, -0.2) is 48.1 Å². The van der Waals surface area contributed by atoms with Crippen LogP contribution in [0.3, 0.4) is 0 Å². The average Bonchev–Trinajstić information content (AvgIpc) is 3.16. The molecule has 3 aromatic heterocycles. The van der Waals surface area contributed by atoms with Gasteiger partial charge in [-0.25, -0.2) is 10.2 Å². The SMILES string of the molecule is Cc1ccc(OC[C@H](O)Cn2c(N/N=C\c3ccncc3)nc3c2c(=O)[nH]c(=O)n3C)cc1. The number of aromatic amines is 1. The number of nitrogens with zero attached hydrogens (tertiary/aromatic N) is 5. The van der Waals surface area contributed by atoms with Gasteiger partial charge in [-0.3, -0.25) is 19.3 Å². The number of fused-ring (bicyclic) bond motifs is 1. The predicted octanol–water partition coefficient (Wildman–Crippen LogP) is 1.01. The molecule has 0 bridgehead atoms. The lowest BCUT2D eigenvalue weighted by atomic mass is 10.2. The number of imidazole rings is 1. The van der Waals surface area contributed by atoms with E-state index in [4.69, 9.17) is 4.74 Å². The molecule has 0 aliphatic carbocycles. The van der Waals surface area contributed by atoms with Crippen molar-refractivity contribution in [3.63, 3.8) is 0 Å². The second-order valence-electron chi connectivity index (χ2n) is 7.46. The first-order chi connectivity index (χ1) is 15.9. The Bertz CT molecular complexity index is 1390. The van der Waals surface area contributed by atoms with E-state index in [1.807, 2.05) is 31.2 Å². The minimum atomic E-state index is -0.968. The van der Waals surface area contributed by atoms with E-state index in [2.05, 4.69) is 25.5 Å². The lowest BCUT2D eigenvalue weighted by Gasteiger charge is -2.15. The Labute approximate surface area is 188 Å². The number of aromatic nitrogens is 5. The van der Waals surface area contributed by atoms with Crippen LogP contribution in [0, 0.1) is 6.92 Å². The van der Waals surface area contributed by atoms with Crippen LogP contribution in [-0.2, 0) is 13.6 Å². The number of aliphatic hydroxyl groups is 1. The minimum Gasteiger partial charge on any atom is -0.491 e. The zero-order chi connectivity index (χ0) is 23.4. The number of aliphatic hydroxyl groups excluding tert-OH is 1. The van der Waals surface area contributed by atoms with E-state index in [1.165, 1.54) is 16.2 Å². The Morgan fingerprint density at radius 3 is 2.67 bits per heavy atom. The molecular weight excluding hydrogens is 426 g/mol. The molecule has 3 heterocycles. The summed E-state index contributed by atoms with van der Waals surface area (Å²) in [5, 5.41) is 14.8. The summed E-state index contributed by atoms with van der Waals surface area (Å²) in [5.41, 5.74) is 3.79. The molecule has 11 heteroatoms. The third-order valence-electron chi connectivity index (χ3n) is 4.95. The van der Waals surface area contributed by atoms with Crippen molar-refractivity contribution in [1.82, 2.24) is 24.1 Å².